The van der Waals surface area contributed by atoms with E-state index in [2.05, 4.69) is 5.10 Å². The summed E-state index contributed by atoms with van der Waals surface area (Å²) in [6, 6.07) is 12.3. The van der Waals surface area contributed by atoms with Gasteiger partial charge in [0.15, 0.2) is 5.58 Å². The van der Waals surface area contributed by atoms with Crippen LogP contribution in [0.4, 0.5) is 0 Å². The van der Waals surface area contributed by atoms with E-state index in [4.69, 9.17) is 13.6 Å². The molecule has 0 unspecified atom stereocenters. The van der Waals surface area contributed by atoms with Crippen molar-refractivity contribution in [3.63, 3.8) is 0 Å². The molecule has 4 rings (SSSR count). The Bertz CT molecular complexity index is 1100. The maximum atomic E-state index is 12.1. The minimum absolute atomic E-state index is 0.142. The largest absolute Gasteiger partial charge is 0.460 e. The molecule has 0 saturated carbocycles. The van der Waals surface area contributed by atoms with Crippen LogP contribution in [0.5, 0.6) is 0 Å². The van der Waals surface area contributed by atoms with E-state index in [1.54, 1.807) is 35.1 Å². The third-order valence-electron chi connectivity index (χ3n) is 4.07. The van der Waals surface area contributed by atoms with Gasteiger partial charge in [-0.2, -0.15) is 5.10 Å². The number of carbonyl (C=O) groups excluding carboxylic acids is 1. The number of furan rings is 1. The number of rotatable bonds is 7. The highest BCUT2D eigenvalue weighted by atomic mass is 16.5. The van der Waals surface area contributed by atoms with E-state index in [1.165, 1.54) is 4.57 Å². The van der Waals surface area contributed by atoms with Crippen molar-refractivity contribution in [2.24, 2.45) is 0 Å². The highest BCUT2D eigenvalue weighted by molar-refractivity contribution is 5.86. The Morgan fingerprint density at radius 3 is 2.85 bits per heavy atom. The molecule has 0 atom stereocenters. The molecule has 27 heavy (non-hydrogen) atoms. The van der Waals surface area contributed by atoms with Crippen molar-refractivity contribution in [1.82, 2.24) is 14.3 Å². The summed E-state index contributed by atoms with van der Waals surface area (Å²) < 4.78 is 19.1. The maximum absolute atomic E-state index is 12.1. The predicted octanol–water partition coefficient (Wildman–Crippen LogP) is 2.68. The number of para-hydroxylation sites is 2. The molecule has 0 saturated heterocycles. The van der Waals surface area contributed by atoms with Crippen molar-refractivity contribution < 1.29 is 18.4 Å². The van der Waals surface area contributed by atoms with Gasteiger partial charge >= 0.3 is 11.7 Å². The van der Waals surface area contributed by atoms with Crippen LogP contribution in [0.2, 0.25) is 0 Å². The van der Waals surface area contributed by atoms with Gasteiger partial charge in [0.1, 0.15) is 5.76 Å². The smallest absolute Gasteiger partial charge is 0.419 e. The van der Waals surface area contributed by atoms with Gasteiger partial charge in [-0.3, -0.25) is 9.25 Å². The van der Waals surface area contributed by atoms with Gasteiger partial charge in [0.05, 0.1) is 18.7 Å². The van der Waals surface area contributed by atoms with Crippen LogP contribution in [0.3, 0.4) is 0 Å². The van der Waals surface area contributed by atoms with Crippen LogP contribution in [0, 0.1) is 0 Å². The number of hydrogen-bond donors (Lipinski definition) is 0. The average molecular weight is 367 g/mol. The van der Waals surface area contributed by atoms with Gasteiger partial charge in [-0.05, 0) is 36.8 Å². The van der Waals surface area contributed by atoms with Gasteiger partial charge in [0.25, 0.3) is 0 Å². The number of oxazole rings is 1. The molecule has 0 N–H and O–H groups in total. The summed E-state index contributed by atoms with van der Waals surface area (Å²) in [4.78, 5) is 24.0. The SMILES string of the molecule is O=C(OCCCn1c(=O)oc2ccccc21)c1ccc(Cn2cccn2)o1. The first-order valence-electron chi connectivity index (χ1n) is 8.52. The lowest BCUT2D eigenvalue weighted by molar-refractivity contribution is 0.0457. The molecular weight excluding hydrogens is 350 g/mol. The summed E-state index contributed by atoms with van der Waals surface area (Å²) in [5, 5.41) is 4.08. The van der Waals surface area contributed by atoms with E-state index in [0.717, 1.165) is 5.52 Å². The number of aryl methyl sites for hydroxylation is 1. The maximum Gasteiger partial charge on any atom is 0.419 e. The van der Waals surface area contributed by atoms with Crippen LogP contribution >= 0.6 is 0 Å². The van der Waals surface area contributed by atoms with E-state index in [9.17, 15) is 9.59 Å². The summed E-state index contributed by atoms with van der Waals surface area (Å²) in [6.45, 7) is 1.00. The standard InChI is InChI=1S/C19H17N3O5/c23-18(17-8-7-14(26-17)13-21-10-3-9-20-21)25-12-4-11-22-15-5-1-2-6-16(15)27-19(22)24/h1-3,5-10H,4,11-13H2. The Balaban J connectivity index is 1.30. The van der Waals surface area contributed by atoms with Crippen molar-refractivity contribution >= 4 is 17.1 Å². The Morgan fingerprint density at radius 2 is 2.00 bits per heavy atom. The van der Waals surface area contributed by atoms with E-state index < -0.39 is 11.7 Å². The molecule has 4 aromatic rings. The molecule has 0 bridgehead atoms. The van der Waals surface area contributed by atoms with Crippen molar-refractivity contribution in [3.8, 4) is 0 Å². The normalized spacial score (nSPS) is 11.1. The second kappa shape index (κ2) is 7.36. The van der Waals surface area contributed by atoms with Crippen molar-refractivity contribution in [2.75, 3.05) is 6.61 Å². The van der Waals surface area contributed by atoms with Crippen molar-refractivity contribution in [1.29, 1.82) is 0 Å². The van der Waals surface area contributed by atoms with Gasteiger partial charge in [-0.1, -0.05) is 12.1 Å². The van der Waals surface area contributed by atoms with Crippen LogP contribution < -0.4 is 5.76 Å². The zero-order chi connectivity index (χ0) is 18.6. The van der Waals surface area contributed by atoms with E-state index in [-0.39, 0.29) is 12.4 Å². The minimum Gasteiger partial charge on any atom is -0.460 e. The van der Waals surface area contributed by atoms with Gasteiger partial charge in [0.2, 0.25) is 5.76 Å². The summed E-state index contributed by atoms with van der Waals surface area (Å²) in [7, 11) is 0. The highest BCUT2D eigenvalue weighted by Gasteiger charge is 2.14. The molecule has 0 spiro atoms. The summed E-state index contributed by atoms with van der Waals surface area (Å²) in [5.74, 6) is -0.201. The summed E-state index contributed by atoms with van der Waals surface area (Å²) in [6.07, 6.45) is 3.96. The topological polar surface area (TPSA) is 92.4 Å². The fourth-order valence-corrected chi connectivity index (χ4v) is 2.81. The second-order valence-corrected chi connectivity index (χ2v) is 5.95. The molecular formula is C19H17N3O5. The van der Waals surface area contributed by atoms with Crippen LogP contribution in [0.15, 0.2) is 68.5 Å². The second-order valence-electron chi connectivity index (χ2n) is 5.95. The average Bonchev–Trinajstić information content (AvgIpc) is 3.40. The Morgan fingerprint density at radius 1 is 1.11 bits per heavy atom. The molecule has 3 heterocycles. The number of esters is 1. The predicted molar refractivity (Wildman–Crippen MR) is 95.4 cm³/mol. The van der Waals surface area contributed by atoms with Crippen LogP contribution in [0.1, 0.15) is 22.7 Å². The van der Waals surface area contributed by atoms with Crippen molar-refractivity contribution in [2.45, 2.75) is 19.5 Å². The lowest BCUT2D eigenvalue weighted by atomic mass is 10.3. The molecule has 0 radical (unpaired) electrons. The molecule has 8 nitrogen and oxygen atoms in total. The minimum atomic E-state index is -0.536. The lowest BCUT2D eigenvalue weighted by Crippen LogP contribution is -2.16. The molecule has 0 fully saturated rings. The monoisotopic (exact) mass is 367 g/mol. The number of hydrogen-bond acceptors (Lipinski definition) is 6. The number of ether oxygens (including phenoxy) is 1. The number of carbonyl (C=O) groups is 1. The fraction of sp³-hybridized carbons (Fsp3) is 0.211. The molecule has 138 valence electrons. The number of nitrogens with zero attached hydrogens (tertiary/aromatic N) is 3. The molecule has 0 aliphatic carbocycles. The lowest BCUT2D eigenvalue weighted by Gasteiger charge is -2.04. The fourth-order valence-electron chi connectivity index (χ4n) is 2.81. The third-order valence-corrected chi connectivity index (χ3v) is 4.07. The zero-order valence-electron chi connectivity index (χ0n) is 14.4. The Hall–Kier alpha value is -3.55. The molecule has 0 aliphatic heterocycles. The van der Waals surface area contributed by atoms with Gasteiger partial charge < -0.3 is 13.6 Å². The Kier molecular flexibility index (Phi) is 4.61. The van der Waals surface area contributed by atoms with E-state index >= 15 is 0 Å². The third kappa shape index (κ3) is 3.69. The van der Waals surface area contributed by atoms with Crippen LogP contribution in [0.25, 0.3) is 11.1 Å². The Labute approximate surface area is 153 Å². The van der Waals surface area contributed by atoms with E-state index in [0.29, 0.717) is 30.9 Å². The van der Waals surface area contributed by atoms with Crippen LogP contribution in [-0.4, -0.2) is 26.9 Å². The number of benzene rings is 1. The first-order chi connectivity index (χ1) is 13.2. The molecule has 1 aromatic carbocycles. The quantitative estimate of drug-likeness (QED) is 0.368. The molecule has 0 amide bonds. The summed E-state index contributed by atoms with van der Waals surface area (Å²) in [5.41, 5.74) is 1.27. The molecule has 3 aromatic heterocycles. The first kappa shape index (κ1) is 16.9. The highest BCUT2D eigenvalue weighted by Crippen LogP contribution is 2.13. The molecule has 8 heteroatoms. The van der Waals surface area contributed by atoms with Crippen LogP contribution in [-0.2, 0) is 17.8 Å². The number of aromatic nitrogens is 3. The van der Waals surface area contributed by atoms with E-state index in [1.807, 2.05) is 24.4 Å². The molecule has 0 aliphatic rings. The van der Waals surface area contributed by atoms with Gasteiger partial charge in [0, 0.05) is 18.9 Å². The van der Waals surface area contributed by atoms with Crippen molar-refractivity contribution in [3.05, 3.63) is 76.9 Å². The van der Waals surface area contributed by atoms with Gasteiger partial charge in [-0.25, -0.2) is 9.59 Å². The van der Waals surface area contributed by atoms with Gasteiger partial charge in [-0.15, -0.1) is 0 Å². The first-order valence-corrected chi connectivity index (χ1v) is 8.52. The number of fused-ring (bicyclic) bond motifs is 1. The summed E-state index contributed by atoms with van der Waals surface area (Å²) >= 11 is 0. The zero-order valence-corrected chi connectivity index (χ0v) is 14.4.